The standard InChI is InChI=1S/C20H24ClN7O2/c1-27-12-15(10-23-27)24-20-22-11-17(21)19(26-20)25-18(13-29)14-3-2-4-16(9-14)28-5-7-30-8-6-28/h2-4,9-12,18,29H,5-8,13H2,1H3,(H2,22,24,25,26). The number of halogens is 1. The molecule has 0 amide bonds. The highest BCUT2D eigenvalue weighted by molar-refractivity contribution is 6.32. The molecule has 2 aromatic heterocycles. The zero-order valence-corrected chi connectivity index (χ0v) is 17.4. The van der Waals surface area contributed by atoms with Gasteiger partial charge >= 0.3 is 0 Å². The second-order valence-electron chi connectivity index (χ2n) is 6.99. The zero-order chi connectivity index (χ0) is 20.9. The highest BCUT2D eigenvalue weighted by Gasteiger charge is 2.17. The number of aryl methyl sites for hydroxylation is 1. The second-order valence-corrected chi connectivity index (χ2v) is 7.40. The van der Waals surface area contributed by atoms with Crippen LogP contribution >= 0.6 is 11.6 Å². The molecule has 10 heteroatoms. The lowest BCUT2D eigenvalue weighted by Crippen LogP contribution is -2.36. The average Bonchev–Trinajstić information content (AvgIpc) is 3.19. The molecule has 1 aromatic carbocycles. The molecule has 9 nitrogen and oxygen atoms in total. The summed E-state index contributed by atoms with van der Waals surface area (Å²) in [6, 6.07) is 7.73. The summed E-state index contributed by atoms with van der Waals surface area (Å²) in [5, 5.41) is 20.8. The van der Waals surface area contributed by atoms with Crippen molar-refractivity contribution in [2.45, 2.75) is 6.04 Å². The minimum absolute atomic E-state index is 0.113. The number of nitrogens with zero attached hydrogens (tertiary/aromatic N) is 5. The molecule has 0 aliphatic carbocycles. The number of anilines is 4. The van der Waals surface area contributed by atoms with Crippen LogP contribution in [-0.2, 0) is 11.8 Å². The van der Waals surface area contributed by atoms with Crippen molar-refractivity contribution in [3.05, 3.63) is 53.4 Å². The SMILES string of the molecule is Cn1cc(Nc2ncc(Cl)c(NC(CO)c3cccc(N4CCOCC4)c3)n2)cn1. The Labute approximate surface area is 179 Å². The first-order valence-corrected chi connectivity index (χ1v) is 10.1. The minimum Gasteiger partial charge on any atom is -0.394 e. The van der Waals surface area contributed by atoms with Crippen molar-refractivity contribution >= 4 is 34.7 Å². The number of hydrogen-bond acceptors (Lipinski definition) is 8. The molecule has 30 heavy (non-hydrogen) atoms. The fourth-order valence-corrected chi connectivity index (χ4v) is 3.45. The fourth-order valence-electron chi connectivity index (χ4n) is 3.30. The van der Waals surface area contributed by atoms with Crippen molar-refractivity contribution in [1.29, 1.82) is 0 Å². The molecule has 1 aliphatic heterocycles. The molecule has 1 aliphatic rings. The first-order chi connectivity index (χ1) is 14.6. The molecule has 158 valence electrons. The van der Waals surface area contributed by atoms with Crippen LogP contribution in [0.25, 0.3) is 0 Å². The van der Waals surface area contributed by atoms with Gasteiger partial charge in [-0.15, -0.1) is 0 Å². The molecule has 1 saturated heterocycles. The van der Waals surface area contributed by atoms with Gasteiger partial charge in [-0.25, -0.2) is 4.98 Å². The first-order valence-electron chi connectivity index (χ1n) is 9.70. The Bertz CT molecular complexity index is 991. The van der Waals surface area contributed by atoms with E-state index in [0.29, 0.717) is 16.8 Å². The van der Waals surface area contributed by atoms with Gasteiger partial charge in [0.15, 0.2) is 5.82 Å². The summed E-state index contributed by atoms with van der Waals surface area (Å²) >= 11 is 6.31. The van der Waals surface area contributed by atoms with E-state index in [9.17, 15) is 5.11 Å². The summed E-state index contributed by atoms with van der Waals surface area (Å²) in [5.41, 5.74) is 2.81. The van der Waals surface area contributed by atoms with E-state index in [1.807, 2.05) is 25.4 Å². The van der Waals surface area contributed by atoms with Crippen LogP contribution < -0.4 is 15.5 Å². The third kappa shape index (κ3) is 4.81. The number of nitrogens with one attached hydrogen (secondary N) is 2. The van der Waals surface area contributed by atoms with E-state index in [2.05, 4.69) is 42.7 Å². The van der Waals surface area contributed by atoms with E-state index < -0.39 is 0 Å². The van der Waals surface area contributed by atoms with E-state index >= 15 is 0 Å². The quantitative estimate of drug-likeness (QED) is 0.527. The summed E-state index contributed by atoms with van der Waals surface area (Å²) in [6.45, 7) is 3.02. The number of hydrogen-bond donors (Lipinski definition) is 3. The van der Waals surface area contributed by atoms with Crippen molar-refractivity contribution in [2.75, 3.05) is 48.4 Å². The molecule has 1 unspecified atom stereocenters. The summed E-state index contributed by atoms with van der Waals surface area (Å²) in [4.78, 5) is 10.9. The lowest BCUT2D eigenvalue weighted by atomic mass is 10.1. The monoisotopic (exact) mass is 429 g/mol. The van der Waals surface area contributed by atoms with Crippen molar-refractivity contribution in [1.82, 2.24) is 19.7 Å². The smallest absolute Gasteiger partial charge is 0.229 e. The van der Waals surface area contributed by atoms with Gasteiger partial charge in [-0.05, 0) is 17.7 Å². The average molecular weight is 430 g/mol. The Morgan fingerprint density at radius 3 is 2.83 bits per heavy atom. The molecule has 3 aromatic rings. The number of aromatic nitrogens is 4. The van der Waals surface area contributed by atoms with Crippen molar-refractivity contribution in [3.63, 3.8) is 0 Å². The van der Waals surface area contributed by atoms with Gasteiger partial charge in [0.2, 0.25) is 5.95 Å². The molecule has 1 atom stereocenters. The van der Waals surface area contributed by atoms with E-state index in [-0.39, 0.29) is 12.6 Å². The molecule has 4 rings (SSSR count). The maximum atomic E-state index is 10.0. The molecular weight excluding hydrogens is 406 g/mol. The molecule has 0 bridgehead atoms. The zero-order valence-electron chi connectivity index (χ0n) is 16.6. The van der Waals surface area contributed by atoms with Gasteiger partial charge < -0.3 is 25.4 Å². The predicted octanol–water partition coefficient (Wildman–Crippen LogP) is 2.59. The van der Waals surface area contributed by atoms with E-state index in [4.69, 9.17) is 16.3 Å². The van der Waals surface area contributed by atoms with Crippen LogP contribution in [0, 0.1) is 0 Å². The largest absolute Gasteiger partial charge is 0.394 e. The maximum Gasteiger partial charge on any atom is 0.229 e. The van der Waals surface area contributed by atoms with Gasteiger partial charge in [-0.2, -0.15) is 10.1 Å². The van der Waals surface area contributed by atoms with Crippen LogP contribution in [0.2, 0.25) is 5.02 Å². The Balaban J connectivity index is 1.52. The molecule has 1 fully saturated rings. The highest BCUT2D eigenvalue weighted by Crippen LogP contribution is 2.28. The van der Waals surface area contributed by atoms with Crippen LogP contribution in [0.15, 0.2) is 42.9 Å². The van der Waals surface area contributed by atoms with Gasteiger partial charge in [0, 0.05) is 32.0 Å². The number of aliphatic hydroxyl groups is 1. The van der Waals surface area contributed by atoms with Crippen LogP contribution in [0.1, 0.15) is 11.6 Å². The molecule has 0 radical (unpaired) electrons. The summed E-state index contributed by atoms with van der Waals surface area (Å²) in [7, 11) is 1.83. The summed E-state index contributed by atoms with van der Waals surface area (Å²) < 4.78 is 7.11. The maximum absolute atomic E-state index is 10.0. The molecular formula is C20H24ClN7O2. The van der Waals surface area contributed by atoms with Gasteiger partial charge in [0.1, 0.15) is 5.02 Å². The van der Waals surface area contributed by atoms with E-state index in [0.717, 1.165) is 43.2 Å². The van der Waals surface area contributed by atoms with Crippen LogP contribution in [-0.4, -0.2) is 57.8 Å². The molecule has 0 spiro atoms. The molecule has 3 N–H and O–H groups in total. The highest BCUT2D eigenvalue weighted by atomic mass is 35.5. The Morgan fingerprint density at radius 2 is 2.10 bits per heavy atom. The lowest BCUT2D eigenvalue weighted by molar-refractivity contribution is 0.122. The van der Waals surface area contributed by atoms with Crippen molar-refractivity contribution in [2.24, 2.45) is 7.05 Å². The topological polar surface area (TPSA) is 100 Å². The van der Waals surface area contributed by atoms with Gasteiger partial charge in [-0.1, -0.05) is 23.7 Å². The predicted molar refractivity (Wildman–Crippen MR) is 116 cm³/mol. The fraction of sp³-hybridized carbons (Fsp3) is 0.350. The summed E-state index contributed by atoms with van der Waals surface area (Å²) in [6.07, 6.45) is 5.02. The third-order valence-corrected chi connectivity index (χ3v) is 5.12. The van der Waals surface area contributed by atoms with E-state index in [1.165, 1.54) is 6.20 Å². The van der Waals surface area contributed by atoms with Gasteiger partial charge in [-0.3, -0.25) is 4.68 Å². The minimum atomic E-state index is -0.371. The normalized spacial score (nSPS) is 15.1. The Hall–Kier alpha value is -2.88. The number of rotatable bonds is 7. The number of aliphatic hydroxyl groups excluding tert-OH is 1. The molecule has 0 saturated carbocycles. The third-order valence-electron chi connectivity index (χ3n) is 4.85. The lowest BCUT2D eigenvalue weighted by Gasteiger charge is -2.29. The van der Waals surface area contributed by atoms with Crippen molar-refractivity contribution < 1.29 is 9.84 Å². The van der Waals surface area contributed by atoms with Gasteiger partial charge in [0.25, 0.3) is 0 Å². The second kappa shape index (κ2) is 9.29. The van der Waals surface area contributed by atoms with Crippen LogP contribution in [0.5, 0.6) is 0 Å². The number of benzene rings is 1. The number of morpholine rings is 1. The van der Waals surface area contributed by atoms with Crippen LogP contribution in [0.3, 0.4) is 0 Å². The molecule has 3 heterocycles. The van der Waals surface area contributed by atoms with Crippen molar-refractivity contribution in [3.8, 4) is 0 Å². The Kier molecular flexibility index (Phi) is 6.32. The van der Waals surface area contributed by atoms with Crippen LogP contribution in [0.4, 0.5) is 23.1 Å². The number of ether oxygens (including phenoxy) is 1. The van der Waals surface area contributed by atoms with E-state index in [1.54, 1.807) is 10.9 Å². The first kappa shape index (κ1) is 20.4. The Morgan fingerprint density at radius 1 is 1.27 bits per heavy atom. The summed E-state index contributed by atoms with van der Waals surface area (Å²) in [5.74, 6) is 0.822. The van der Waals surface area contributed by atoms with Gasteiger partial charge in [0.05, 0.1) is 43.9 Å².